The summed E-state index contributed by atoms with van der Waals surface area (Å²) in [7, 11) is 0. The van der Waals surface area contributed by atoms with Crippen LogP contribution in [0.5, 0.6) is 0 Å². The van der Waals surface area contributed by atoms with Gasteiger partial charge in [-0.05, 0) is 42.0 Å². The molecule has 8 nitrogen and oxygen atoms in total. The van der Waals surface area contributed by atoms with E-state index in [1.807, 2.05) is 6.07 Å². The lowest BCUT2D eigenvalue weighted by Gasteiger charge is -2.08. The van der Waals surface area contributed by atoms with E-state index in [9.17, 15) is 19.7 Å². The highest BCUT2D eigenvalue weighted by Crippen LogP contribution is 2.21. The minimum atomic E-state index is -0.466. The zero-order valence-corrected chi connectivity index (χ0v) is 16.0. The molecule has 1 heterocycles. The van der Waals surface area contributed by atoms with Crippen molar-refractivity contribution in [1.29, 1.82) is 0 Å². The molecule has 0 aliphatic heterocycles. The largest absolute Gasteiger partial charge is 0.459 e. The van der Waals surface area contributed by atoms with Gasteiger partial charge in [0.15, 0.2) is 5.76 Å². The lowest BCUT2D eigenvalue weighted by Crippen LogP contribution is -2.24. The first kappa shape index (κ1) is 20.2. The summed E-state index contributed by atoms with van der Waals surface area (Å²) < 4.78 is 5.05. The lowest BCUT2D eigenvalue weighted by molar-refractivity contribution is -0.384. The van der Waals surface area contributed by atoms with Crippen LogP contribution in [-0.4, -0.2) is 22.5 Å². The topological polar surface area (TPSA) is 114 Å². The number of nitrogens with one attached hydrogen (secondary N) is 2. The van der Waals surface area contributed by atoms with E-state index in [1.54, 1.807) is 42.5 Å². The normalized spacial score (nSPS) is 10.3. The molecule has 0 aliphatic carbocycles. The number of benzene rings is 2. The summed E-state index contributed by atoms with van der Waals surface area (Å²) in [5.74, 6) is -0.117. The van der Waals surface area contributed by atoms with Crippen LogP contribution in [0.25, 0.3) is 0 Å². The molecule has 0 unspecified atom stereocenters. The maximum absolute atomic E-state index is 12.1. The first-order valence-electron chi connectivity index (χ1n) is 8.59. The van der Waals surface area contributed by atoms with Gasteiger partial charge in [-0.1, -0.05) is 12.1 Å². The monoisotopic (exact) mass is 411 g/mol. The number of nitrogens with zero attached hydrogens (tertiary/aromatic N) is 1. The summed E-state index contributed by atoms with van der Waals surface area (Å²) in [6.07, 6.45) is 1.43. The van der Waals surface area contributed by atoms with E-state index in [4.69, 9.17) is 4.42 Å². The summed E-state index contributed by atoms with van der Waals surface area (Å²) in [5, 5.41) is 16.2. The van der Waals surface area contributed by atoms with Gasteiger partial charge in [-0.3, -0.25) is 19.7 Å². The Morgan fingerprint density at radius 2 is 1.86 bits per heavy atom. The van der Waals surface area contributed by atoms with Gasteiger partial charge >= 0.3 is 0 Å². The summed E-state index contributed by atoms with van der Waals surface area (Å²) in [6.45, 7) is 0.310. The molecule has 0 fully saturated rings. The Bertz CT molecular complexity index is 1000. The molecule has 1 aromatic heterocycles. The van der Waals surface area contributed by atoms with Crippen LogP contribution in [0.15, 0.2) is 76.2 Å². The number of nitro benzene ring substituents is 1. The van der Waals surface area contributed by atoms with Crippen molar-refractivity contribution in [3.05, 3.63) is 88.4 Å². The molecule has 0 saturated heterocycles. The molecule has 9 heteroatoms. The average Bonchev–Trinajstić information content (AvgIpc) is 3.26. The SMILES string of the molecule is O=C(CSc1ccc([N+](=O)[O-])cc1)NCc1cccc(NC(=O)c2ccco2)c1. The van der Waals surface area contributed by atoms with Crippen molar-refractivity contribution in [1.82, 2.24) is 5.32 Å². The Morgan fingerprint density at radius 3 is 2.55 bits per heavy atom. The molecule has 0 saturated carbocycles. The van der Waals surface area contributed by atoms with E-state index in [-0.39, 0.29) is 29.0 Å². The molecule has 148 valence electrons. The molecule has 0 atom stereocenters. The smallest absolute Gasteiger partial charge is 0.291 e. The number of thioether (sulfide) groups is 1. The summed E-state index contributed by atoms with van der Waals surface area (Å²) >= 11 is 1.29. The summed E-state index contributed by atoms with van der Waals surface area (Å²) in [4.78, 5) is 35.0. The number of hydrogen-bond donors (Lipinski definition) is 2. The Labute approximate surface area is 170 Å². The fraction of sp³-hybridized carbons (Fsp3) is 0.100. The molecule has 3 aromatic rings. The number of anilines is 1. The van der Waals surface area contributed by atoms with Crippen LogP contribution in [-0.2, 0) is 11.3 Å². The first-order valence-corrected chi connectivity index (χ1v) is 9.57. The van der Waals surface area contributed by atoms with Crippen LogP contribution in [0.1, 0.15) is 16.1 Å². The third-order valence-corrected chi connectivity index (χ3v) is 4.85. The van der Waals surface area contributed by atoms with Gasteiger partial charge in [-0.25, -0.2) is 0 Å². The van der Waals surface area contributed by atoms with Crippen LogP contribution in [0, 0.1) is 10.1 Å². The molecule has 0 aliphatic rings. The Hall–Kier alpha value is -3.59. The third kappa shape index (κ3) is 5.94. The van der Waals surface area contributed by atoms with E-state index in [1.165, 1.54) is 30.2 Å². The molecule has 2 aromatic carbocycles. The van der Waals surface area contributed by atoms with Gasteiger partial charge in [0.1, 0.15) is 0 Å². The van der Waals surface area contributed by atoms with Gasteiger partial charge in [-0.15, -0.1) is 11.8 Å². The van der Waals surface area contributed by atoms with Crippen molar-refractivity contribution >= 4 is 35.0 Å². The fourth-order valence-electron chi connectivity index (χ4n) is 2.42. The number of hydrogen-bond acceptors (Lipinski definition) is 6. The highest BCUT2D eigenvalue weighted by atomic mass is 32.2. The zero-order chi connectivity index (χ0) is 20.6. The second kappa shape index (κ2) is 9.56. The first-order chi connectivity index (χ1) is 14.0. The third-order valence-electron chi connectivity index (χ3n) is 3.84. The van der Waals surface area contributed by atoms with Gasteiger partial charge < -0.3 is 15.1 Å². The molecule has 2 amide bonds. The number of amides is 2. The quantitative estimate of drug-likeness (QED) is 0.331. The molecular weight excluding hydrogens is 394 g/mol. The minimum Gasteiger partial charge on any atom is -0.459 e. The van der Waals surface area contributed by atoms with Gasteiger partial charge in [0.2, 0.25) is 5.91 Å². The fourth-order valence-corrected chi connectivity index (χ4v) is 3.15. The molecule has 0 bridgehead atoms. The predicted octanol–water partition coefficient (Wildman–Crippen LogP) is 3.85. The van der Waals surface area contributed by atoms with E-state index in [0.29, 0.717) is 12.2 Å². The number of carbonyl (C=O) groups excluding carboxylic acids is 2. The number of carbonyl (C=O) groups is 2. The highest BCUT2D eigenvalue weighted by molar-refractivity contribution is 8.00. The number of nitro groups is 1. The minimum absolute atomic E-state index is 0.0119. The second-order valence-corrected chi connectivity index (χ2v) is 7.00. The van der Waals surface area contributed by atoms with Crippen molar-refractivity contribution in [2.45, 2.75) is 11.4 Å². The molecule has 29 heavy (non-hydrogen) atoms. The Balaban J connectivity index is 1.47. The van der Waals surface area contributed by atoms with Crippen LogP contribution < -0.4 is 10.6 Å². The molecule has 0 radical (unpaired) electrons. The number of furan rings is 1. The van der Waals surface area contributed by atoms with Gasteiger partial charge in [0.25, 0.3) is 11.6 Å². The van der Waals surface area contributed by atoms with E-state index < -0.39 is 4.92 Å². The Morgan fingerprint density at radius 1 is 1.07 bits per heavy atom. The molecule has 3 rings (SSSR count). The lowest BCUT2D eigenvalue weighted by atomic mass is 10.2. The summed E-state index contributed by atoms with van der Waals surface area (Å²) in [6, 6.07) is 16.4. The van der Waals surface area contributed by atoms with E-state index in [2.05, 4.69) is 10.6 Å². The van der Waals surface area contributed by atoms with Gasteiger partial charge in [0, 0.05) is 29.3 Å². The molecular formula is C20H17N3O5S. The van der Waals surface area contributed by atoms with Crippen LogP contribution in [0.4, 0.5) is 11.4 Å². The maximum atomic E-state index is 12.1. The van der Waals surface area contributed by atoms with Crippen molar-refractivity contribution in [2.75, 3.05) is 11.1 Å². The molecule has 2 N–H and O–H groups in total. The van der Waals surface area contributed by atoms with Gasteiger partial charge in [-0.2, -0.15) is 0 Å². The van der Waals surface area contributed by atoms with Crippen LogP contribution in [0.2, 0.25) is 0 Å². The number of non-ortho nitro benzene ring substituents is 1. The maximum Gasteiger partial charge on any atom is 0.291 e. The zero-order valence-electron chi connectivity index (χ0n) is 15.2. The van der Waals surface area contributed by atoms with Gasteiger partial charge in [0.05, 0.1) is 16.9 Å². The van der Waals surface area contributed by atoms with Crippen LogP contribution in [0.3, 0.4) is 0 Å². The summed E-state index contributed by atoms with van der Waals surface area (Å²) in [5.41, 5.74) is 1.44. The average molecular weight is 411 g/mol. The number of rotatable bonds is 8. The standard InChI is InChI=1S/C20H17N3O5S/c24-19(13-29-17-8-6-16(7-9-17)23(26)27)21-12-14-3-1-4-15(11-14)22-20(25)18-5-2-10-28-18/h1-11H,12-13H2,(H,21,24)(H,22,25). The highest BCUT2D eigenvalue weighted by Gasteiger charge is 2.10. The van der Waals surface area contributed by atoms with Crippen molar-refractivity contribution in [2.24, 2.45) is 0 Å². The van der Waals surface area contributed by atoms with E-state index >= 15 is 0 Å². The van der Waals surface area contributed by atoms with Crippen LogP contribution >= 0.6 is 11.8 Å². The van der Waals surface area contributed by atoms with Crippen molar-refractivity contribution < 1.29 is 18.9 Å². The molecule has 0 spiro atoms. The predicted molar refractivity (Wildman–Crippen MR) is 109 cm³/mol. The Kier molecular flexibility index (Phi) is 6.64. The second-order valence-electron chi connectivity index (χ2n) is 5.95. The van der Waals surface area contributed by atoms with E-state index in [0.717, 1.165) is 10.5 Å². The van der Waals surface area contributed by atoms with Crippen molar-refractivity contribution in [3.63, 3.8) is 0 Å². The van der Waals surface area contributed by atoms with Crippen molar-refractivity contribution in [3.8, 4) is 0 Å².